The predicted octanol–water partition coefficient (Wildman–Crippen LogP) is 3.57. The number of hydrogen-bond acceptors (Lipinski definition) is 1. The van der Waals surface area contributed by atoms with Crippen molar-refractivity contribution in [3.8, 4) is 0 Å². The van der Waals surface area contributed by atoms with Crippen LogP contribution in [-0.4, -0.2) is 11.9 Å². The molecule has 1 rings (SSSR count). The highest BCUT2D eigenvalue weighted by molar-refractivity contribution is 5.76. The van der Waals surface area contributed by atoms with Crippen molar-refractivity contribution in [3.05, 3.63) is 12.2 Å². The van der Waals surface area contributed by atoms with Crippen LogP contribution in [0.5, 0.6) is 0 Å². The molecule has 1 fully saturated rings. The van der Waals surface area contributed by atoms with Gasteiger partial charge in [-0.05, 0) is 25.7 Å². The van der Waals surface area contributed by atoms with E-state index < -0.39 is 0 Å². The van der Waals surface area contributed by atoms with Gasteiger partial charge in [0.2, 0.25) is 5.91 Å². The minimum absolute atomic E-state index is 0.230. The van der Waals surface area contributed by atoms with E-state index in [1.165, 1.54) is 38.5 Å². The van der Waals surface area contributed by atoms with Gasteiger partial charge in [0.25, 0.3) is 0 Å². The Hall–Kier alpha value is -0.790. The summed E-state index contributed by atoms with van der Waals surface area (Å²) in [5, 5.41) is 3.14. The number of carbonyl (C=O) groups is 1. The van der Waals surface area contributed by atoms with Crippen LogP contribution in [0.4, 0.5) is 0 Å². The Labute approximate surface area is 99.5 Å². The lowest BCUT2D eigenvalue weighted by Crippen LogP contribution is -2.35. The Bertz CT molecular complexity index is 217. The molecule has 92 valence electrons. The fraction of sp³-hybridized carbons (Fsp3) is 0.786. The number of nitrogens with one attached hydrogen (secondary N) is 1. The van der Waals surface area contributed by atoms with Crippen LogP contribution in [0.1, 0.15) is 64.7 Å². The molecule has 0 aromatic heterocycles. The summed E-state index contributed by atoms with van der Waals surface area (Å²) in [5.41, 5.74) is 0. The molecule has 1 aliphatic carbocycles. The molecule has 1 saturated carbocycles. The average molecular weight is 223 g/mol. The van der Waals surface area contributed by atoms with Gasteiger partial charge in [-0.1, -0.05) is 44.8 Å². The highest BCUT2D eigenvalue weighted by Crippen LogP contribution is 2.17. The van der Waals surface area contributed by atoms with Gasteiger partial charge in [-0.3, -0.25) is 4.79 Å². The Morgan fingerprint density at radius 1 is 1.19 bits per heavy atom. The van der Waals surface area contributed by atoms with Crippen molar-refractivity contribution in [1.82, 2.24) is 5.32 Å². The van der Waals surface area contributed by atoms with Crippen LogP contribution >= 0.6 is 0 Å². The smallest absolute Gasteiger partial charge is 0.220 e. The molecule has 0 aromatic carbocycles. The summed E-state index contributed by atoms with van der Waals surface area (Å²) >= 11 is 0. The number of unbranched alkanes of at least 4 members (excludes halogenated alkanes) is 1. The zero-order valence-electron chi connectivity index (χ0n) is 10.5. The van der Waals surface area contributed by atoms with E-state index in [2.05, 4.69) is 24.4 Å². The first-order valence-electron chi connectivity index (χ1n) is 6.77. The summed E-state index contributed by atoms with van der Waals surface area (Å²) in [6.45, 7) is 2.17. The van der Waals surface area contributed by atoms with E-state index in [9.17, 15) is 4.79 Å². The van der Waals surface area contributed by atoms with Crippen LogP contribution < -0.4 is 5.32 Å². The van der Waals surface area contributed by atoms with E-state index in [1.807, 2.05) is 0 Å². The Morgan fingerprint density at radius 3 is 2.56 bits per heavy atom. The molecule has 0 atom stereocenters. The molecular formula is C14H25NO. The van der Waals surface area contributed by atoms with Gasteiger partial charge >= 0.3 is 0 Å². The molecule has 0 saturated heterocycles. The van der Waals surface area contributed by atoms with Crippen LogP contribution in [-0.2, 0) is 4.79 Å². The summed E-state index contributed by atoms with van der Waals surface area (Å²) in [7, 11) is 0. The summed E-state index contributed by atoms with van der Waals surface area (Å²) in [5.74, 6) is 0.230. The van der Waals surface area contributed by atoms with Crippen molar-refractivity contribution >= 4 is 5.91 Å². The fourth-order valence-electron chi connectivity index (χ4n) is 2.16. The number of rotatable bonds is 6. The topological polar surface area (TPSA) is 29.1 Å². The first-order valence-corrected chi connectivity index (χ1v) is 6.77. The molecule has 0 aromatic rings. The minimum Gasteiger partial charge on any atom is -0.353 e. The second-order valence-electron chi connectivity index (χ2n) is 4.70. The average Bonchev–Trinajstić information content (AvgIpc) is 2.30. The molecule has 1 amide bonds. The first-order chi connectivity index (χ1) is 7.83. The van der Waals surface area contributed by atoms with E-state index in [1.54, 1.807) is 0 Å². The SMILES string of the molecule is CCC/C=C/CCC(=O)NC1CCCCC1. The lowest BCUT2D eigenvalue weighted by Gasteiger charge is -2.22. The third-order valence-electron chi connectivity index (χ3n) is 3.13. The Kier molecular flexibility index (Phi) is 6.95. The van der Waals surface area contributed by atoms with Gasteiger partial charge in [0.15, 0.2) is 0 Å². The summed E-state index contributed by atoms with van der Waals surface area (Å²) in [6.07, 6.45) is 14.4. The standard InChI is InChI=1S/C14H25NO/c1-2-3-4-5-9-12-14(16)15-13-10-7-6-8-11-13/h4-5,13H,2-3,6-12H2,1H3,(H,15,16)/b5-4+. The zero-order valence-corrected chi connectivity index (χ0v) is 10.5. The largest absolute Gasteiger partial charge is 0.353 e. The number of allylic oxidation sites excluding steroid dienone is 2. The third-order valence-corrected chi connectivity index (χ3v) is 3.13. The van der Waals surface area contributed by atoms with Crippen LogP contribution in [0.3, 0.4) is 0 Å². The molecule has 0 radical (unpaired) electrons. The molecule has 16 heavy (non-hydrogen) atoms. The monoisotopic (exact) mass is 223 g/mol. The lowest BCUT2D eigenvalue weighted by atomic mass is 9.95. The third kappa shape index (κ3) is 5.94. The van der Waals surface area contributed by atoms with Crippen molar-refractivity contribution in [2.75, 3.05) is 0 Å². The van der Waals surface area contributed by atoms with Crippen LogP contribution in [0.2, 0.25) is 0 Å². The normalized spacial score (nSPS) is 17.8. The van der Waals surface area contributed by atoms with Crippen LogP contribution in [0.25, 0.3) is 0 Å². The lowest BCUT2D eigenvalue weighted by molar-refractivity contribution is -0.121. The Morgan fingerprint density at radius 2 is 1.88 bits per heavy atom. The second kappa shape index (κ2) is 8.37. The van der Waals surface area contributed by atoms with Crippen molar-refractivity contribution in [1.29, 1.82) is 0 Å². The quantitative estimate of drug-likeness (QED) is 0.685. The molecule has 2 heteroatoms. The number of amides is 1. The van der Waals surface area contributed by atoms with Crippen molar-refractivity contribution < 1.29 is 4.79 Å². The molecular weight excluding hydrogens is 198 g/mol. The Balaban J connectivity index is 2.05. The highest BCUT2D eigenvalue weighted by atomic mass is 16.1. The predicted molar refractivity (Wildman–Crippen MR) is 68.3 cm³/mol. The molecule has 2 nitrogen and oxygen atoms in total. The van der Waals surface area contributed by atoms with Gasteiger partial charge in [-0.2, -0.15) is 0 Å². The molecule has 0 bridgehead atoms. The second-order valence-corrected chi connectivity index (χ2v) is 4.70. The van der Waals surface area contributed by atoms with Crippen LogP contribution in [0, 0.1) is 0 Å². The van der Waals surface area contributed by atoms with Gasteiger partial charge in [0, 0.05) is 12.5 Å². The van der Waals surface area contributed by atoms with E-state index in [4.69, 9.17) is 0 Å². The van der Waals surface area contributed by atoms with Gasteiger partial charge in [-0.15, -0.1) is 0 Å². The molecule has 0 heterocycles. The summed E-state index contributed by atoms with van der Waals surface area (Å²) < 4.78 is 0. The molecule has 0 unspecified atom stereocenters. The van der Waals surface area contributed by atoms with Gasteiger partial charge in [-0.25, -0.2) is 0 Å². The van der Waals surface area contributed by atoms with Gasteiger partial charge in [0.1, 0.15) is 0 Å². The fourth-order valence-corrected chi connectivity index (χ4v) is 2.16. The maximum Gasteiger partial charge on any atom is 0.220 e. The van der Waals surface area contributed by atoms with Crippen molar-refractivity contribution in [2.24, 2.45) is 0 Å². The highest BCUT2D eigenvalue weighted by Gasteiger charge is 2.14. The van der Waals surface area contributed by atoms with Crippen molar-refractivity contribution in [3.63, 3.8) is 0 Å². The maximum atomic E-state index is 11.6. The van der Waals surface area contributed by atoms with E-state index in [-0.39, 0.29) is 5.91 Å². The maximum absolute atomic E-state index is 11.6. The molecule has 1 N–H and O–H groups in total. The van der Waals surface area contributed by atoms with Crippen LogP contribution in [0.15, 0.2) is 12.2 Å². The minimum atomic E-state index is 0.230. The van der Waals surface area contributed by atoms with E-state index in [0.717, 1.165) is 12.8 Å². The summed E-state index contributed by atoms with van der Waals surface area (Å²) in [4.78, 5) is 11.6. The molecule has 0 aliphatic heterocycles. The molecule has 1 aliphatic rings. The van der Waals surface area contributed by atoms with E-state index in [0.29, 0.717) is 12.5 Å². The van der Waals surface area contributed by atoms with Crippen molar-refractivity contribution in [2.45, 2.75) is 70.8 Å². The number of hydrogen-bond donors (Lipinski definition) is 1. The molecule has 0 spiro atoms. The zero-order chi connectivity index (χ0) is 11.6. The number of carbonyl (C=O) groups excluding carboxylic acids is 1. The van der Waals surface area contributed by atoms with Gasteiger partial charge < -0.3 is 5.32 Å². The van der Waals surface area contributed by atoms with E-state index >= 15 is 0 Å². The van der Waals surface area contributed by atoms with Gasteiger partial charge in [0.05, 0.1) is 0 Å². The first kappa shape index (κ1) is 13.3. The summed E-state index contributed by atoms with van der Waals surface area (Å²) in [6, 6.07) is 0.459.